The number of allylic oxidation sites excluding steroid dienone is 2. The Morgan fingerprint density at radius 2 is 2.03 bits per heavy atom. The summed E-state index contributed by atoms with van der Waals surface area (Å²) in [6.07, 6.45) is 7.98. The Balaban J connectivity index is 0.000000463. The molecule has 0 radical (unpaired) electrons. The van der Waals surface area contributed by atoms with Crippen LogP contribution in [-0.2, 0) is 14.4 Å². The Kier molecular flexibility index (Phi) is 10.8. The molecule has 3 amide bonds. The van der Waals surface area contributed by atoms with E-state index < -0.39 is 42.6 Å². The summed E-state index contributed by atoms with van der Waals surface area (Å²) in [5, 5.41) is 5.59. The minimum absolute atomic E-state index is 0.0556. The van der Waals surface area contributed by atoms with Gasteiger partial charge in [-0.2, -0.15) is 0 Å². The van der Waals surface area contributed by atoms with Crippen molar-refractivity contribution in [2.75, 3.05) is 11.4 Å². The van der Waals surface area contributed by atoms with E-state index in [0.29, 0.717) is 29.9 Å². The Labute approximate surface area is 207 Å². The highest BCUT2D eigenvalue weighted by Gasteiger charge is 2.47. The van der Waals surface area contributed by atoms with Crippen molar-refractivity contribution >= 4 is 35.5 Å². The van der Waals surface area contributed by atoms with E-state index in [1.54, 1.807) is 12.2 Å². The molecule has 1 unspecified atom stereocenters. The Hall–Kier alpha value is -2.88. The average Bonchev–Trinajstić information content (AvgIpc) is 3.29. The molecule has 0 spiro atoms. The summed E-state index contributed by atoms with van der Waals surface area (Å²) in [5.74, 6) is -3.94. The number of hydrogen-bond donors (Lipinski definition) is 2. The fourth-order valence-electron chi connectivity index (χ4n) is 3.73. The molecule has 2 heterocycles. The van der Waals surface area contributed by atoms with Gasteiger partial charge in [-0.05, 0) is 24.8 Å². The molecule has 4 rings (SSSR count). The molecule has 192 valence electrons. The van der Waals surface area contributed by atoms with Gasteiger partial charge in [0, 0.05) is 42.9 Å². The highest BCUT2D eigenvalue weighted by molar-refractivity contribution is 6.30. The highest BCUT2D eigenvalue weighted by Crippen LogP contribution is 2.38. The van der Waals surface area contributed by atoms with Crippen LogP contribution >= 0.6 is 11.6 Å². The topological polar surface area (TPSA) is 91.4 Å². The highest BCUT2D eigenvalue weighted by atomic mass is 35.5. The standard InChI is InChI=1S/C18H17ClF3N3O2.C4H7NO.C2H6/c19-15-4-2-1-3-14(15)16(17(27)24-12-6-18(21,22)7-12)25(10-26)13-5-11(20)8-23-9-13;6-4-2-1-3-5-4;1-2/h1,3,5,8-10,12,16H,2,4,6-7H2,(H,24,27);1-3H2,(H,5,6);1-2H3. The predicted octanol–water partition coefficient (Wildman–Crippen LogP) is 4.23. The number of carbonyl (C=O) groups is 3. The number of anilines is 1. The number of carbonyl (C=O) groups excluding carboxylic acids is 3. The number of hydrogen-bond acceptors (Lipinski definition) is 4. The van der Waals surface area contributed by atoms with Gasteiger partial charge in [0.1, 0.15) is 11.9 Å². The lowest BCUT2D eigenvalue weighted by Crippen LogP contribution is -2.56. The third kappa shape index (κ3) is 8.09. The van der Waals surface area contributed by atoms with Crippen molar-refractivity contribution in [3.8, 4) is 0 Å². The second-order valence-electron chi connectivity index (χ2n) is 8.00. The number of halogens is 4. The summed E-state index contributed by atoms with van der Waals surface area (Å²) in [4.78, 5) is 39.5. The maximum atomic E-state index is 13.6. The van der Waals surface area contributed by atoms with E-state index in [2.05, 4.69) is 15.6 Å². The molecule has 1 aliphatic heterocycles. The van der Waals surface area contributed by atoms with Crippen LogP contribution in [0.1, 0.15) is 52.4 Å². The van der Waals surface area contributed by atoms with Crippen molar-refractivity contribution in [3.05, 3.63) is 47.0 Å². The summed E-state index contributed by atoms with van der Waals surface area (Å²) in [5.41, 5.74) is 0.419. The number of amides is 3. The quantitative estimate of drug-likeness (QED) is 0.556. The van der Waals surface area contributed by atoms with Gasteiger partial charge in [-0.15, -0.1) is 0 Å². The molecular weight excluding hydrogens is 485 g/mol. The summed E-state index contributed by atoms with van der Waals surface area (Å²) >= 11 is 6.27. The molecule has 2 aliphatic carbocycles. The molecule has 2 fully saturated rings. The molecule has 1 saturated heterocycles. The molecule has 1 saturated carbocycles. The van der Waals surface area contributed by atoms with Crippen LogP contribution in [0.15, 0.2) is 41.2 Å². The first-order valence-corrected chi connectivity index (χ1v) is 11.9. The fourth-order valence-corrected chi connectivity index (χ4v) is 4.01. The van der Waals surface area contributed by atoms with E-state index in [9.17, 15) is 27.6 Å². The lowest BCUT2D eigenvalue weighted by Gasteiger charge is -2.37. The van der Waals surface area contributed by atoms with E-state index in [-0.39, 0.29) is 11.6 Å². The zero-order valence-electron chi connectivity index (χ0n) is 19.7. The van der Waals surface area contributed by atoms with Gasteiger partial charge in [0.25, 0.3) is 5.92 Å². The van der Waals surface area contributed by atoms with E-state index in [1.807, 2.05) is 13.8 Å². The maximum absolute atomic E-state index is 13.6. The van der Waals surface area contributed by atoms with Crippen molar-refractivity contribution in [2.24, 2.45) is 0 Å². The first-order valence-electron chi connectivity index (χ1n) is 11.5. The van der Waals surface area contributed by atoms with Gasteiger partial charge in [-0.1, -0.05) is 37.6 Å². The summed E-state index contributed by atoms with van der Waals surface area (Å²) in [6, 6.07) is -0.856. The predicted molar refractivity (Wildman–Crippen MR) is 127 cm³/mol. The van der Waals surface area contributed by atoms with Gasteiger partial charge in [0.05, 0.1) is 18.1 Å². The molecular formula is C24H30ClF3N4O3. The SMILES string of the molecule is CC.O=C1CCCN1.O=CN(c1cncc(F)c1)C(C(=O)NC1CC(F)(F)C1)C1=C(Cl)CCC=C1. The van der Waals surface area contributed by atoms with Crippen LogP contribution in [0.2, 0.25) is 0 Å². The second kappa shape index (κ2) is 13.3. The summed E-state index contributed by atoms with van der Waals surface area (Å²) in [7, 11) is 0. The number of nitrogens with one attached hydrogen (secondary N) is 2. The van der Waals surface area contributed by atoms with Crippen molar-refractivity contribution < 1.29 is 27.6 Å². The third-order valence-corrected chi connectivity index (χ3v) is 5.81. The van der Waals surface area contributed by atoms with Crippen molar-refractivity contribution in [2.45, 2.75) is 70.4 Å². The Morgan fingerprint density at radius 3 is 2.51 bits per heavy atom. The van der Waals surface area contributed by atoms with Crippen LogP contribution in [0.5, 0.6) is 0 Å². The maximum Gasteiger partial charge on any atom is 0.252 e. The number of aromatic nitrogens is 1. The molecule has 1 atom stereocenters. The Morgan fingerprint density at radius 1 is 1.31 bits per heavy atom. The van der Waals surface area contributed by atoms with Crippen molar-refractivity contribution in [1.82, 2.24) is 15.6 Å². The van der Waals surface area contributed by atoms with Crippen LogP contribution in [0, 0.1) is 5.82 Å². The van der Waals surface area contributed by atoms with Crippen LogP contribution in [-0.4, -0.2) is 47.8 Å². The van der Waals surface area contributed by atoms with Crippen LogP contribution in [0.3, 0.4) is 0 Å². The average molecular weight is 515 g/mol. The number of pyridine rings is 1. The third-order valence-electron chi connectivity index (χ3n) is 5.40. The van der Waals surface area contributed by atoms with E-state index in [0.717, 1.165) is 36.5 Å². The van der Waals surface area contributed by atoms with Gasteiger partial charge in [-0.25, -0.2) is 13.2 Å². The zero-order chi connectivity index (χ0) is 26.0. The lowest BCUT2D eigenvalue weighted by atomic mass is 9.87. The van der Waals surface area contributed by atoms with Crippen molar-refractivity contribution in [3.63, 3.8) is 0 Å². The molecule has 11 heteroatoms. The van der Waals surface area contributed by atoms with Gasteiger partial charge >= 0.3 is 0 Å². The molecule has 1 aromatic rings. The van der Waals surface area contributed by atoms with Gasteiger partial charge in [0.15, 0.2) is 0 Å². The molecule has 0 bridgehead atoms. The molecule has 3 aliphatic rings. The summed E-state index contributed by atoms with van der Waals surface area (Å²) < 4.78 is 39.7. The van der Waals surface area contributed by atoms with E-state index in [4.69, 9.17) is 11.6 Å². The largest absolute Gasteiger partial charge is 0.356 e. The lowest BCUT2D eigenvalue weighted by molar-refractivity contribution is -0.130. The minimum atomic E-state index is -2.80. The van der Waals surface area contributed by atoms with E-state index in [1.165, 1.54) is 6.20 Å². The van der Waals surface area contributed by atoms with Crippen LogP contribution < -0.4 is 15.5 Å². The molecule has 1 aromatic heterocycles. The minimum Gasteiger partial charge on any atom is -0.356 e. The summed E-state index contributed by atoms with van der Waals surface area (Å²) in [6.45, 7) is 4.89. The normalized spacial score (nSPS) is 19.2. The van der Waals surface area contributed by atoms with Gasteiger partial charge < -0.3 is 10.6 Å². The molecule has 0 aromatic carbocycles. The monoisotopic (exact) mass is 514 g/mol. The number of nitrogens with zero attached hydrogens (tertiary/aromatic N) is 2. The first kappa shape index (κ1) is 28.4. The smallest absolute Gasteiger partial charge is 0.252 e. The fraction of sp³-hybridized carbons (Fsp3) is 0.500. The Bertz CT molecular complexity index is 955. The van der Waals surface area contributed by atoms with Crippen LogP contribution in [0.4, 0.5) is 18.9 Å². The first-order chi connectivity index (χ1) is 16.7. The van der Waals surface area contributed by atoms with Crippen molar-refractivity contribution in [1.29, 1.82) is 0 Å². The molecule has 2 N–H and O–H groups in total. The van der Waals surface area contributed by atoms with Crippen LogP contribution in [0.25, 0.3) is 0 Å². The molecule has 7 nitrogen and oxygen atoms in total. The van der Waals surface area contributed by atoms with Gasteiger partial charge in [0.2, 0.25) is 18.2 Å². The number of rotatable bonds is 6. The van der Waals surface area contributed by atoms with E-state index >= 15 is 0 Å². The second-order valence-corrected chi connectivity index (χ2v) is 8.46. The number of alkyl halides is 2. The van der Waals surface area contributed by atoms with Gasteiger partial charge in [-0.3, -0.25) is 24.3 Å². The zero-order valence-corrected chi connectivity index (χ0v) is 20.5. The molecule has 35 heavy (non-hydrogen) atoms.